The molecule has 0 N–H and O–H groups in total. The van der Waals surface area contributed by atoms with Gasteiger partial charge in [0.15, 0.2) is 5.78 Å². The Morgan fingerprint density at radius 1 is 1.11 bits per heavy atom. The number of fused-ring (bicyclic) bond motifs is 1. The minimum atomic E-state index is -0.00998. The first kappa shape index (κ1) is 12.3. The van der Waals surface area contributed by atoms with E-state index >= 15 is 0 Å². The molecule has 19 heavy (non-hydrogen) atoms. The molecule has 0 spiro atoms. The van der Waals surface area contributed by atoms with Crippen LogP contribution in [0.25, 0.3) is 10.2 Å². The van der Waals surface area contributed by atoms with Crippen molar-refractivity contribution in [1.82, 2.24) is 4.98 Å². The average Bonchev–Trinajstić information content (AvgIpc) is 2.77. The predicted octanol–water partition coefficient (Wildman–Crippen LogP) is 4.49. The molecule has 0 radical (unpaired) electrons. The molecule has 0 saturated carbocycles. The molecule has 2 aromatic carbocycles. The number of halogens is 1. The molecule has 0 bridgehead atoms. The van der Waals surface area contributed by atoms with Crippen LogP contribution < -0.4 is 0 Å². The third kappa shape index (κ3) is 2.39. The summed E-state index contributed by atoms with van der Waals surface area (Å²) in [6.07, 6.45) is 0. The zero-order valence-corrected chi connectivity index (χ0v) is 11.8. The molecule has 0 aliphatic rings. The topological polar surface area (TPSA) is 30.0 Å². The van der Waals surface area contributed by atoms with Crippen LogP contribution >= 0.6 is 22.9 Å². The molecule has 0 unspecified atom stereocenters. The summed E-state index contributed by atoms with van der Waals surface area (Å²) < 4.78 is 1.10. The van der Waals surface area contributed by atoms with Gasteiger partial charge in [-0.3, -0.25) is 4.79 Å². The van der Waals surface area contributed by atoms with Crippen molar-refractivity contribution in [3.63, 3.8) is 0 Å². The molecule has 1 aromatic heterocycles. The van der Waals surface area contributed by atoms with E-state index in [4.69, 9.17) is 11.6 Å². The molecule has 2 nitrogen and oxygen atoms in total. The van der Waals surface area contributed by atoms with Crippen LogP contribution in [0.2, 0.25) is 5.02 Å². The normalized spacial score (nSPS) is 10.8. The van der Waals surface area contributed by atoms with Gasteiger partial charge < -0.3 is 0 Å². The lowest BCUT2D eigenvalue weighted by molar-refractivity contribution is 0.103. The zero-order chi connectivity index (χ0) is 13.4. The Morgan fingerprint density at radius 3 is 2.53 bits per heavy atom. The molecule has 0 saturated heterocycles. The second-order valence-electron chi connectivity index (χ2n) is 4.25. The Kier molecular flexibility index (Phi) is 3.09. The molecule has 4 heteroatoms. The fourth-order valence-electron chi connectivity index (χ4n) is 1.95. The van der Waals surface area contributed by atoms with Crippen LogP contribution in [0, 0.1) is 6.92 Å². The number of nitrogens with zero attached hydrogens (tertiary/aromatic N) is 1. The number of rotatable bonds is 2. The first-order valence-electron chi connectivity index (χ1n) is 5.81. The third-order valence-corrected chi connectivity index (χ3v) is 4.07. The number of aryl methyl sites for hydroxylation is 1. The molecule has 0 atom stereocenters. The summed E-state index contributed by atoms with van der Waals surface area (Å²) in [6, 6.07) is 12.6. The van der Waals surface area contributed by atoms with Crippen molar-refractivity contribution in [2.24, 2.45) is 0 Å². The van der Waals surface area contributed by atoms with Crippen molar-refractivity contribution < 1.29 is 4.79 Å². The lowest BCUT2D eigenvalue weighted by atomic mass is 10.0. The summed E-state index contributed by atoms with van der Waals surface area (Å²) in [4.78, 5) is 16.7. The van der Waals surface area contributed by atoms with Crippen LogP contribution in [0.3, 0.4) is 0 Å². The second kappa shape index (κ2) is 4.76. The number of ketones is 1. The van der Waals surface area contributed by atoms with E-state index < -0.39 is 0 Å². The van der Waals surface area contributed by atoms with Gasteiger partial charge in [0, 0.05) is 16.1 Å². The van der Waals surface area contributed by atoms with E-state index in [0.29, 0.717) is 16.1 Å². The van der Waals surface area contributed by atoms with Crippen LogP contribution in [0.15, 0.2) is 42.5 Å². The maximum absolute atomic E-state index is 12.3. The average molecular weight is 288 g/mol. The van der Waals surface area contributed by atoms with Crippen LogP contribution in [0.4, 0.5) is 0 Å². The number of aromatic nitrogens is 1. The number of carbonyl (C=O) groups is 1. The van der Waals surface area contributed by atoms with Gasteiger partial charge in [-0.1, -0.05) is 11.6 Å². The van der Waals surface area contributed by atoms with Gasteiger partial charge in [0.1, 0.15) is 0 Å². The van der Waals surface area contributed by atoms with E-state index in [9.17, 15) is 4.79 Å². The van der Waals surface area contributed by atoms with E-state index in [0.717, 1.165) is 15.2 Å². The van der Waals surface area contributed by atoms with Crippen molar-refractivity contribution in [1.29, 1.82) is 0 Å². The Labute approximate surface area is 119 Å². The van der Waals surface area contributed by atoms with E-state index in [-0.39, 0.29) is 5.78 Å². The quantitative estimate of drug-likeness (QED) is 0.650. The Hall–Kier alpha value is -1.71. The second-order valence-corrected chi connectivity index (χ2v) is 5.92. The van der Waals surface area contributed by atoms with Crippen molar-refractivity contribution in [3.8, 4) is 0 Å². The van der Waals surface area contributed by atoms with Gasteiger partial charge in [-0.25, -0.2) is 4.98 Å². The van der Waals surface area contributed by atoms with Gasteiger partial charge in [-0.05, 0) is 49.4 Å². The Morgan fingerprint density at radius 2 is 1.79 bits per heavy atom. The maximum atomic E-state index is 12.3. The summed E-state index contributed by atoms with van der Waals surface area (Å²) >= 11 is 7.45. The summed E-state index contributed by atoms with van der Waals surface area (Å²) in [5.41, 5.74) is 2.16. The molecule has 0 amide bonds. The van der Waals surface area contributed by atoms with Gasteiger partial charge >= 0.3 is 0 Å². The first-order valence-corrected chi connectivity index (χ1v) is 7.00. The highest BCUT2D eigenvalue weighted by Crippen LogP contribution is 2.23. The van der Waals surface area contributed by atoms with Crippen LogP contribution in [-0.4, -0.2) is 10.8 Å². The van der Waals surface area contributed by atoms with Gasteiger partial charge in [-0.15, -0.1) is 11.3 Å². The standard InChI is InChI=1S/C15H10ClNOS/c1-9-17-13-8-11(4-7-14(13)19-9)15(18)10-2-5-12(16)6-3-10/h2-8H,1H3. The molecule has 1 heterocycles. The molecule has 3 rings (SSSR count). The number of hydrogen-bond acceptors (Lipinski definition) is 3. The van der Waals surface area contributed by atoms with Crippen LogP contribution in [-0.2, 0) is 0 Å². The first-order chi connectivity index (χ1) is 9.13. The molecule has 0 aliphatic heterocycles. The maximum Gasteiger partial charge on any atom is 0.193 e. The smallest absolute Gasteiger partial charge is 0.193 e. The fourth-order valence-corrected chi connectivity index (χ4v) is 2.89. The minimum absolute atomic E-state index is 0.00998. The highest BCUT2D eigenvalue weighted by molar-refractivity contribution is 7.18. The third-order valence-electron chi connectivity index (χ3n) is 2.86. The summed E-state index contributed by atoms with van der Waals surface area (Å²) in [5, 5.41) is 1.63. The summed E-state index contributed by atoms with van der Waals surface area (Å²) in [7, 11) is 0. The lowest BCUT2D eigenvalue weighted by Gasteiger charge is -2.01. The largest absolute Gasteiger partial charge is 0.289 e. The number of benzene rings is 2. The van der Waals surface area contributed by atoms with Crippen LogP contribution in [0.5, 0.6) is 0 Å². The van der Waals surface area contributed by atoms with Gasteiger partial charge in [0.25, 0.3) is 0 Å². The van der Waals surface area contributed by atoms with Crippen LogP contribution in [0.1, 0.15) is 20.9 Å². The number of thiazole rings is 1. The van der Waals surface area contributed by atoms with Crippen molar-refractivity contribution in [2.45, 2.75) is 6.92 Å². The fraction of sp³-hybridized carbons (Fsp3) is 0.0667. The number of hydrogen-bond donors (Lipinski definition) is 0. The Balaban J connectivity index is 2.03. The molecule has 0 aliphatic carbocycles. The summed E-state index contributed by atoms with van der Waals surface area (Å²) in [6.45, 7) is 1.96. The highest BCUT2D eigenvalue weighted by Gasteiger charge is 2.10. The van der Waals surface area contributed by atoms with E-state index in [1.54, 1.807) is 35.6 Å². The van der Waals surface area contributed by atoms with Crippen molar-refractivity contribution >= 4 is 38.9 Å². The minimum Gasteiger partial charge on any atom is -0.289 e. The van der Waals surface area contributed by atoms with E-state index in [2.05, 4.69) is 4.98 Å². The Bertz CT molecular complexity index is 761. The molecule has 0 fully saturated rings. The van der Waals surface area contributed by atoms with Crippen molar-refractivity contribution in [2.75, 3.05) is 0 Å². The molecular weight excluding hydrogens is 278 g/mol. The lowest BCUT2D eigenvalue weighted by Crippen LogP contribution is -2.00. The highest BCUT2D eigenvalue weighted by atomic mass is 35.5. The van der Waals surface area contributed by atoms with Crippen molar-refractivity contribution in [3.05, 3.63) is 63.6 Å². The summed E-state index contributed by atoms with van der Waals surface area (Å²) in [5.74, 6) is -0.00998. The van der Waals surface area contributed by atoms with Gasteiger partial charge in [0.05, 0.1) is 15.2 Å². The predicted molar refractivity (Wildman–Crippen MR) is 79.2 cm³/mol. The molecule has 3 aromatic rings. The van der Waals surface area contributed by atoms with Gasteiger partial charge in [-0.2, -0.15) is 0 Å². The number of carbonyl (C=O) groups excluding carboxylic acids is 1. The van der Waals surface area contributed by atoms with E-state index in [1.165, 1.54) is 0 Å². The monoisotopic (exact) mass is 287 g/mol. The molecular formula is C15H10ClNOS. The molecule has 94 valence electrons. The zero-order valence-electron chi connectivity index (χ0n) is 10.2. The van der Waals surface area contributed by atoms with E-state index in [1.807, 2.05) is 25.1 Å². The SMILES string of the molecule is Cc1nc2cc(C(=O)c3ccc(Cl)cc3)ccc2s1. The van der Waals surface area contributed by atoms with Gasteiger partial charge in [0.2, 0.25) is 0 Å².